The predicted octanol–water partition coefficient (Wildman–Crippen LogP) is 1.83. The van der Waals surface area contributed by atoms with Gasteiger partial charge < -0.3 is 9.29 Å². The Morgan fingerprint density at radius 1 is 1.69 bits per heavy atom. The SMILES string of the molecule is COCCc1cc(S(=O)O)sc1C. The number of ether oxygens (including phenoxy) is 1. The lowest BCUT2D eigenvalue weighted by atomic mass is 10.2. The van der Waals surface area contributed by atoms with Crippen LogP contribution in [0.4, 0.5) is 0 Å². The molecule has 1 aromatic heterocycles. The highest BCUT2D eigenvalue weighted by molar-refractivity contribution is 7.81. The number of rotatable bonds is 4. The first kappa shape index (κ1) is 10.8. The highest BCUT2D eigenvalue weighted by Crippen LogP contribution is 2.24. The summed E-state index contributed by atoms with van der Waals surface area (Å²) in [5, 5.41) is 0. The normalized spacial score (nSPS) is 13.2. The third kappa shape index (κ3) is 2.87. The molecule has 0 saturated heterocycles. The second-order valence-electron chi connectivity index (χ2n) is 2.64. The second-order valence-corrected chi connectivity index (χ2v) is 5.09. The molecular weight excluding hydrogens is 208 g/mol. The molecule has 1 N–H and O–H groups in total. The smallest absolute Gasteiger partial charge is 0.196 e. The molecule has 0 saturated carbocycles. The molecule has 1 aromatic rings. The molecule has 1 rings (SSSR count). The van der Waals surface area contributed by atoms with Crippen LogP contribution in [0.2, 0.25) is 0 Å². The van der Waals surface area contributed by atoms with Crippen LogP contribution in [0.15, 0.2) is 10.3 Å². The van der Waals surface area contributed by atoms with Gasteiger partial charge in [-0.1, -0.05) is 0 Å². The van der Waals surface area contributed by atoms with E-state index in [2.05, 4.69) is 0 Å². The van der Waals surface area contributed by atoms with Gasteiger partial charge in [0.05, 0.1) is 6.61 Å². The highest BCUT2D eigenvalue weighted by atomic mass is 32.2. The summed E-state index contributed by atoms with van der Waals surface area (Å²) in [5.74, 6) is 0. The summed E-state index contributed by atoms with van der Waals surface area (Å²) >= 11 is -0.479. The Kier molecular flexibility index (Phi) is 4.05. The molecule has 1 atom stereocenters. The third-order valence-electron chi connectivity index (χ3n) is 1.75. The lowest BCUT2D eigenvalue weighted by molar-refractivity contribution is 0.202. The molecule has 0 amide bonds. The Morgan fingerprint density at radius 2 is 2.38 bits per heavy atom. The molecule has 5 heteroatoms. The maximum absolute atomic E-state index is 10.7. The first-order valence-corrected chi connectivity index (χ1v) is 5.76. The van der Waals surface area contributed by atoms with Crippen molar-refractivity contribution in [3.8, 4) is 0 Å². The minimum Gasteiger partial charge on any atom is -0.384 e. The van der Waals surface area contributed by atoms with Gasteiger partial charge in [-0.25, -0.2) is 4.21 Å². The Bertz CT molecular complexity index is 306. The largest absolute Gasteiger partial charge is 0.384 e. The van der Waals surface area contributed by atoms with E-state index in [1.54, 1.807) is 13.2 Å². The maximum atomic E-state index is 10.7. The molecule has 0 radical (unpaired) electrons. The van der Waals surface area contributed by atoms with Crippen LogP contribution >= 0.6 is 11.3 Å². The molecule has 0 aliphatic heterocycles. The Balaban J connectivity index is 2.77. The van der Waals surface area contributed by atoms with E-state index in [0.29, 0.717) is 10.8 Å². The van der Waals surface area contributed by atoms with Crippen LogP contribution in [-0.2, 0) is 22.2 Å². The minimum absolute atomic E-state index is 0.517. The average molecular weight is 220 g/mol. The standard InChI is InChI=1S/C8H12O3S2/c1-6-7(3-4-11-2)5-8(12-6)13(9)10/h5H,3-4H2,1-2H3,(H,9,10). The topological polar surface area (TPSA) is 46.5 Å². The van der Waals surface area contributed by atoms with Crippen LogP contribution in [0, 0.1) is 6.92 Å². The number of thiophene rings is 1. The van der Waals surface area contributed by atoms with Crippen LogP contribution in [0.25, 0.3) is 0 Å². The second kappa shape index (κ2) is 4.85. The van der Waals surface area contributed by atoms with Gasteiger partial charge in [0.25, 0.3) is 0 Å². The minimum atomic E-state index is -1.85. The van der Waals surface area contributed by atoms with Crippen molar-refractivity contribution >= 4 is 22.4 Å². The molecule has 1 heterocycles. The Hall–Kier alpha value is -0.230. The molecule has 74 valence electrons. The quantitative estimate of drug-likeness (QED) is 0.787. The summed E-state index contributed by atoms with van der Waals surface area (Å²) in [4.78, 5) is 1.09. The molecule has 3 nitrogen and oxygen atoms in total. The van der Waals surface area contributed by atoms with Crippen molar-refractivity contribution in [3.05, 3.63) is 16.5 Å². The molecule has 0 aliphatic carbocycles. The van der Waals surface area contributed by atoms with Gasteiger partial charge in [0.15, 0.2) is 11.1 Å². The zero-order chi connectivity index (χ0) is 9.84. The third-order valence-corrected chi connectivity index (χ3v) is 3.77. The summed E-state index contributed by atoms with van der Waals surface area (Å²) < 4.78 is 25.0. The van der Waals surface area contributed by atoms with E-state index in [1.165, 1.54) is 11.3 Å². The van der Waals surface area contributed by atoms with E-state index < -0.39 is 11.1 Å². The first-order chi connectivity index (χ1) is 6.15. The number of methoxy groups -OCH3 is 1. The van der Waals surface area contributed by atoms with Crippen LogP contribution in [0.1, 0.15) is 10.4 Å². The van der Waals surface area contributed by atoms with Crippen molar-refractivity contribution in [1.82, 2.24) is 0 Å². The summed E-state index contributed by atoms with van der Waals surface area (Å²) in [6.45, 7) is 2.60. The van der Waals surface area contributed by atoms with E-state index in [9.17, 15) is 4.21 Å². The van der Waals surface area contributed by atoms with Gasteiger partial charge in [-0.2, -0.15) is 0 Å². The Labute approximate surface area is 84.0 Å². The molecule has 0 spiro atoms. The first-order valence-electron chi connectivity index (χ1n) is 3.84. The van der Waals surface area contributed by atoms with E-state index in [-0.39, 0.29) is 0 Å². The van der Waals surface area contributed by atoms with Crippen molar-refractivity contribution < 1.29 is 13.5 Å². The fourth-order valence-electron chi connectivity index (χ4n) is 1.04. The van der Waals surface area contributed by atoms with Crippen molar-refractivity contribution in [3.63, 3.8) is 0 Å². The zero-order valence-electron chi connectivity index (χ0n) is 7.57. The van der Waals surface area contributed by atoms with Crippen LogP contribution in [-0.4, -0.2) is 22.5 Å². The van der Waals surface area contributed by atoms with E-state index in [1.807, 2.05) is 6.92 Å². The molecule has 0 fully saturated rings. The van der Waals surface area contributed by atoms with Crippen molar-refractivity contribution in [1.29, 1.82) is 0 Å². The van der Waals surface area contributed by atoms with Crippen molar-refractivity contribution in [2.45, 2.75) is 17.6 Å². The van der Waals surface area contributed by atoms with Crippen LogP contribution < -0.4 is 0 Å². The lowest BCUT2D eigenvalue weighted by Crippen LogP contribution is -1.93. The molecule has 0 aromatic carbocycles. The number of hydrogen-bond donors (Lipinski definition) is 1. The molecule has 0 bridgehead atoms. The van der Waals surface area contributed by atoms with Gasteiger partial charge in [-0.05, 0) is 25.0 Å². The highest BCUT2D eigenvalue weighted by Gasteiger charge is 2.08. The number of aryl methyl sites for hydroxylation is 1. The van der Waals surface area contributed by atoms with Crippen molar-refractivity contribution in [2.75, 3.05) is 13.7 Å². The maximum Gasteiger partial charge on any atom is 0.196 e. The van der Waals surface area contributed by atoms with E-state index in [4.69, 9.17) is 9.29 Å². The molecule has 1 unspecified atom stereocenters. The Morgan fingerprint density at radius 3 is 2.85 bits per heavy atom. The predicted molar refractivity (Wildman–Crippen MR) is 53.7 cm³/mol. The van der Waals surface area contributed by atoms with E-state index in [0.717, 1.165) is 16.9 Å². The van der Waals surface area contributed by atoms with Gasteiger partial charge in [-0.3, -0.25) is 0 Å². The number of hydrogen-bond acceptors (Lipinski definition) is 3. The van der Waals surface area contributed by atoms with Gasteiger partial charge in [0.1, 0.15) is 4.21 Å². The summed E-state index contributed by atoms with van der Waals surface area (Å²) in [6.07, 6.45) is 0.802. The van der Waals surface area contributed by atoms with E-state index >= 15 is 0 Å². The average Bonchev–Trinajstić information content (AvgIpc) is 2.44. The molecular formula is C8H12O3S2. The van der Waals surface area contributed by atoms with Gasteiger partial charge >= 0.3 is 0 Å². The summed E-state index contributed by atoms with van der Waals surface area (Å²) in [5.41, 5.74) is 1.10. The summed E-state index contributed by atoms with van der Waals surface area (Å²) in [6, 6.07) is 1.77. The molecule has 0 aliphatic rings. The lowest BCUT2D eigenvalue weighted by Gasteiger charge is -1.96. The van der Waals surface area contributed by atoms with Gasteiger partial charge in [-0.15, -0.1) is 11.3 Å². The monoisotopic (exact) mass is 220 g/mol. The molecule has 13 heavy (non-hydrogen) atoms. The summed E-state index contributed by atoms with van der Waals surface area (Å²) in [7, 11) is 1.65. The fraction of sp³-hybridized carbons (Fsp3) is 0.500. The van der Waals surface area contributed by atoms with Gasteiger partial charge in [0.2, 0.25) is 0 Å². The fourth-order valence-corrected chi connectivity index (χ4v) is 2.73. The van der Waals surface area contributed by atoms with Gasteiger partial charge in [0, 0.05) is 12.0 Å². The van der Waals surface area contributed by atoms with Crippen molar-refractivity contribution in [2.24, 2.45) is 0 Å². The van der Waals surface area contributed by atoms with Crippen LogP contribution in [0.5, 0.6) is 0 Å². The zero-order valence-corrected chi connectivity index (χ0v) is 9.20. The van der Waals surface area contributed by atoms with Crippen LogP contribution in [0.3, 0.4) is 0 Å².